The molecule has 96 valence electrons. The third kappa shape index (κ3) is 3.99. The molecule has 1 N–H and O–H groups in total. The molecule has 0 radical (unpaired) electrons. The van der Waals surface area contributed by atoms with E-state index in [0.717, 1.165) is 16.2 Å². The van der Waals surface area contributed by atoms with E-state index in [9.17, 15) is 5.11 Å². The van der Waals surface area contributed by atoms with Crippen molar-refractivity contribution in [2.75, 3.05) is 6.61 Å². The maximum atomic E-state index is 9.96. The van der Waals surface area contributed by atoms with Crippen LogP contribution >= 0.6 is 11.3 Å². The summed E-state index contributed by atoms with van der Waals surface area (Å²) in [5.41, 5.74) is 0.759. The Hall–Kier alpha value is -2.02. The molecule has 2 aromatic rings. The van der Waals surface area contributed by atoms with Crippen LogP contribution < -0.4 is 4.74 Å². The molecule has 0 aliphatic carbocycles. The molecule has 0 spiro atoms. The first-order valence-electron chi connectivity index (χ1n) is 5.86. The van der Waals surface area contributed by atoms with Crippen molar-refractivity contribution < 1.29 is 9.84 Å². The number of thiophene rings is 1. The van der Waals surface area contributed by atoms with Gasteiger partial charge in [-0.15, -0.1) is 11.3 Å². The van der Waals surface area contributed by atoms with E-state index in [-0.39, 0.29) is 0 Å². The Bertz CT molecular complexity index is 573. The SMILES string of the molecule is C=CCOc1ccc(C(O)C#Cc2cccs2)cc1. The monoisotopic (exact) mass is 270 g/mol. The van der Waals surface area contributed by atoms with Crippen LogP contribution in [-0.2, 0) is 0 Å². The highest BCUT2D eigenvalue weighted by molar-refractivity contribution is 7.10. The minimum atomic E-state index is -0.782. The van der Waals surface area contributed by atoms with Gasteiger partial charge in [-0.3, -0.25) is 0 Å². The molecular formula is C16H14O2S. The van der Waals surface area contributed by atoms with Crippen LogP contribution in [0.4, 0.5) is 0 Å². The van der Waals surface area contributed by atoms with Crippen LogP contribution in [0.1, 0.15) is 16.5 Å². The molecule has 1 aromatic heterocycles. The summed E-state index contributed by atoms with van der Waals surface area (Å²) in [6.45, 7) is 4.06. The topological polar surface area (TPSA) is 29.5 Å². The normalized spacial score (nSPS) is 11.2. The summed E-state index contributed by atoms with van der Waals surface area (Å²) < 4.78 is 5.37. The second kappa shape index (κ2) is 6.79. The molecule has 0 fully saturated rings. The molecule has 1 atom stereocenters. The van der Waals surface area contributed by atoms with Gasteiger partial charge in [0.15, 0.2) is 0 Å². The van der Waals surface area contributed by atoms with E-state index < -0.39 is 6.10 Å². The van der Waals surface area contributed by atoms with Crippen molar-refractivity contribution >= 4 is 11.3 Å². The van der Waals surface area contributed by atoms with Crippen LogP contribution in [0.5, 0.6) is 5.75 Å². The average molecular weight is 270 g/mol. The molecule has 0 bridgehead atoms. The lowest BCUT2D eigenvalue weighted by Gasteiger charge is -2.06. The van der Waals surface area contributed by atoms with E-state index in [2.05, 4.69) is 18.4 Å². The van der Waals surface area contributed by atoms with Crippen LogP contribution in [0.2, 0.25) is 0 Å². The van der Waals surface area contributed by atoms with Gasteiger partial charge in [0.1, 0.15) is 18.5 Å². The lowest BCUT2D eigenvalue weighted by molar-refractivity contribution is 0.238. The Labute approximate surface area is 117 Å². The number of aliphatic hydroxyl groups excluding tert-OH is 1. The third-order valence-corrected chi connectivity index (χ3v) is 3.20. The maximum absolute atomic E-state index is 9.96. The van der Waals surface area contributed by atoms with Crippen molar-refractivity contribution in [2.45, 2.75) is 6.10 Å². The third-order valence-electron chi connectivity index (χ3n) is 2.42. The van der Waals surface area contributed by atoms with Crippen LogP contribution in [-0.4, -0.2) is 11.7 Å². The van der Waals surface area contributed by atoms with Crippen molar-refractivity contribution in [3.05, 3.63) is 64.9 Å². The zero-order chi connectivity index (χ0) is 13.5. The second-order valence-electron chi connectivity index (χ2n) is 3.82. The number of hydrogen-bond acceptors (Lipinski definition) is 3. The molecule has 19 heavy (non-hydrogen) atoms. The Morgan fingerprint density at radius 3 is 2.74 bits per heavy atom. The summed E-state index contributed by atoms with van der Waals surface area (Å²) in [5, 5.41) is 11.9. The molecular weight excluding hydrogens is 256 g/mol. The maximum Gasteiger partial charge on any atom is 0.140 e. The van der Waals surface area contributed by atoms with E-state index in [1.54, 1.807) is 17.4 Å². The van der Waals surface area contributed by atoms with Crippen molar-refractivity contribution in [2.24, 2.45) is 0 Å². The predicted octanol–water partition coefficient (Wildman–Crippen LogP) is 3.40. The zero-order valence-corrected chi connectivity index (χ0v) is 11.2. The van der Waals surface area contributed by atoms with E-state index in [1.807, 2.05) is 41.8 Å². The summed E-state index contributed by atoms with van der Waals surface area (Å²) in [6.07, 6.45) is 0.908. The summed E-state index contributed by atoms with van der Waals surface area (Å²) in [5.74, 6) is 6.52. The molecule has 0 amide bonds. The molecule has 0 aliphatic heterocycles. The molecule has 1 heterocycles. The second-order valence-corrected chi connectivity index (χ2v) is 4.77. The zero-order valence-electron chi connectivity index (χ0n) is 10.4. The van der Waals surface area contributed by atoms with Gasteiger partial charge in [0.2, 0.25) is 0 Å². The summed E-state index contributed by atoms with van der Waals surface area (Å²) in [7, 11) is 0. The van der Waals surface area contributed by atoms with E-state index in [1.165, 1.54) is 0 Å². The molecule has 0 aliphatic rings. The Balaban J connectivity index is 2.03. The van der Waals surface area contributed by atoms with Crippen molar-refractivity contribution in [3.8, 4) is 17.6 Å². The summed E-state index contributed by atoms with van der Waals surface area (Å²) in [6, 6.07) is 11.1. The largest absolute Gasteiger partial charge is 0.490 e. The predicted molar refractivity (Wildman–Crippen MR) is 78.3 cm³/mol. The molecule has 3 heteroatoms. The van der Waals surface area contributed by atoms with Crippen molar-refractivity contribution in [1.82, 2.24) is 0 Å². The van der Waals surface area contributed by atoms with Crippen molar-refractivity contribution in [1.29, 1.82) is 0 Å². The Kier molecular flexibility index (Phi) is 4.79. The number of ether oxygens (including phenoxy) is 1. The molecule has 1 aromatic carbocycles. The highest BCUT2D eigenvalue weighted by Crippen LogP contribution is 2.17. The van der Waals surface area contributed by atoms with Gasteiger partial charge in [-0.1, -0.05) is 42.7 Å². The van der Waals surface area contributed by atoms with Gasteiger partial charge in [-0.2, -0.15) is 0 Å². The quantitative estimate of drug-likeness (QED) is 0.681. The number of benzene rings is 1. The Morgan fingerprint density at radius 2 is 2.11 bits per heavy atom. The fourth-order valence-electron chi connectivity index (χ4n) is 1.47. The average Bonchev–Trinajstić information content (AvgIpc) is 2.96. The van der Waals surface area contributed by atoms with E-state index in [0.29, 0.717) is 6.61 Å². The van der Waals surface area contributed by atoms with Crippen LogP contribution in [0.25, 0.3) is 0 Å². The Morgan fingerprint density at radius 1 is 1.32 bits per heavy atom. The van der Waals surface area contributed by atoms with Crippen LogP contribution in [0.15, 0.2) is 54.4 Å². The highest BCUT2D eigenvalue weighted by atomic mass is 32.1. The number of aliphatic hydroxyl groups is 1. The minimum absolute atomic E-state index is 0.472. The molecule has 1 unspecified atom stereocenters. The lowest BCUT2D eigenvalue weighted by Crippen LogP contribution is -1.96. The molecule has 0 saturated carbocycles. The smallest absolute Gasteiger partial charge is 0.140 e. The van der Waals surface area contributed by atoms with Gasteiger partial charge in [0.25, 0.3) is 0 Å². The van der Waals surface area contributed by atoms with Gasteiger partial charge in [-0.05, 0) is 29.1 Å². The minimum Gasteiger partial charge on any atom is -0.490 e. The number of hydrogen-bond donors (Lipinski definition) is 1. The van der Waals surface area contributed by atoms with E-state index in [4.69, 9.17) is 4.74 Å². The van der Waals surface area contributed by atoms with Crippen LogP contribution in [0.3, 0.4) is 0 Å². The van der Waals surface area contributed by atoms with Gasteiger partial charge in [0, 0.05) is 0 Å². The molecule has 2 nitrogen and oxygen atoms in total. The van der Waals surface area contributed by atoms with Gasteiger partial charge >= 0.3 is 0 Å². The molecule has 0 saturated heterocycles. The van der Waals surface area contributed by atoms with Crippen LogP contribution in [0, 0.1) is 11.8 Å². The van der Waals surface area contributed by atoms with E-state index >= 15 is 0 Å². The fourth-order valence-corrected chi connectivity index (χ4v) is 2.05. The van der Waals surface area contributed by atoms with Gasteiger partial charge in [0.05, 0.1) is 4.88 Å². The van der Waals surface area contributed by atoms with Crippen molar-refractivity contribution in [3.63, 3.8) is 0 Å². The summed E-state index contributed by atoms with van der Waals surface area (Å²) in [4.78, 5) is 0.949. The first kappa shape index (κ1) is 13.4. The highest BCUT2D eigenvalue weighted by Gasteiger charge is 2.03. The standard InChI is InChI=1S/C16H14O2S/c1-2-11-18-14-7-5-13(6-8-14)16(17)10-9-15-4-3-12-19-15/h2-8,12,16-17H,1,11H2. The number of rotatable bonds is 4. The van der Waals surface area contributed by atoms with Gasteiger partial charge < -0.3 is 9.84 Å². The lowest BCUT2D eigenvalue weighted by atomic mass is 10.1. The summed E-state index contributed by atoms with van der Waals surface area (Å²) >= 11 is 1.56. The first-order valence-corrected chi connectivity index (χ1v) is 6.74. The first-order chi connectivity index (χ1) is 9.29. The molecule has 2 rings (SSSR count). The fraction of sp³-hybridized carbons (Fsp3) is 0.125. The van der Waals surface area contributed by atoms with Gasteiger partial charge in [-0.25, -0.2) is 0 Å².